The maximum Gasteiger partial charge on any atom is 0.324 e. The van der Waals surface area contributed by atoms with Crippen molar-refractivity contribution in [3.63, 3.8) is 0 Å². The average Bonchev–Trinajstić information content (AvgIpc) is 2.51. The summed E-state index contributed by atoms with van der Waals surface area (Å²) in [7, 11) is -3.97. The van der Waals surface area contributed by atoms with Crippen molar-refractivity contribution < 1.29 is 22.9 Å². The highest BCUT2D eigenvalue weighted by Crippen LogP contribution is 2.17. The number of ether oxygens (including phenoxy) is 1. The van der Waals surface area contributed by atoms with Crippen molar-refractivity contribution in [1.29, 1.82) is 0 Å². The highest BCUT2D eigenvalue weighted by Gasteiger charge is 2.26. The lowest BCUT2D eigenvalue weighted by Crippen LogP contribution is -2.41. The molecule has 0 saturated heterocycles. The van der Waals surface area contributed by atoms with Crippen LogP contribution in [0.4, 0.5) is 5.69 Å². The number of unbranched alkanes of at least 4 members (excludes halogenated alkanes) is 1. The van der Waals surface area contributed by atoms with Crippen molar-refractivity contribution in [2.24, 2.45) is 0 Å². The lowest BCUT2D eigenvalue weighted by molar-refractivity contribution is -0.384. The molecular weight excluding hydrogens is 324 g/mol. The fraction of sp³-hybridized carbons (Fsp3) is 0.500. The normalized spacial score (nSPS) is 12.6. The predicted octanol–water partition coefficient (Wildman–Crippen LogP) is 1.99. The molecule has 0 aliphatic carbocycles. The molecule has 0 bridgehead atoms. The van der Waals surface area contributed by atoms with Gasteiger partial charge in [-0.25, -0.2) is 8.42 Å². The zero-order valence-corrected chi connectivity index (χ0v) is 13.8. The predicted molar refractivity (Wildman–Crippen MR) is 83.4 cm³/mol. The van der Waals surface area contributed by atoms with Gasteiger partial charge in [0.2, 0.25) is 10.0 Å². The zero-order chi connectivity index (χ0) is 17.5. The van der Waals surface area contributed by atoms with E-state index in [1.165, 1.54) is 0 Å². The molecule has 0 aliphatic rings. The van der Waals surface area contributed by atoms with E-state index >= 15 is 0 Å². The number of carbonyl (C=O) groups is 1. The number of non-ortho nitro benzene ring substituents is 1. The molecule has 1 unspecified atom stereocenters. The maximum atomic E-state index is 12.3. The largest absolute Gasteiger partial charge is 0.465 e. The Balaban J connectivity index is 2.95. The fourth-order valence-corrected chi connectivity index (χ4v) is 3.10. The minimum absolute atomic E-state index is 0.145. The third-order valence-electron chi connectivity index (χ3n) is 3.07. The number of nitro groups is 1. The number of hydrogen-bond acceptors (Lipinski definition) is 6. The first-order valence-corrected chi connectivity index (χ1v) is 8.73. The Hall–Kier alpha value is -2.00. The van der Waals surface area contributed by atoms with E-state index in [4.69, 9.17) is 4.74 Å². The number of sulfonamides is 1. The summed E-state index contributed by atoms with van der Waals surface area (Å²) < 4.78 is 31.8. The maximum absolute atomic E-state index is 12.3. The Labute approximate surface area is 135 Å². The number of nitro benzene ring substituents is 1. The van der Waals surface area contributed by atoms with Crippen LogP contribution in [0, 0.1) is 10.1 Å². The van der Waals surface area contributed by atoms with E-state index in [1.54, 1.807) is 6.92 Å². The molecule has 1 N–H and O–H groups in total. The van der Waals surface area contributed by atoms with Crippen LogP contribution in [0.25, 0.3) is 0 Å². The highest BCUT2D eigenvalue weighted by atomic mass is 32.2. The summed E-state index contributed by atoms with van der Waals surface area (Å²) in [6.07, 6.45) is 1.78. The van der Waals surface area contributed by atoms with Crippen LogP contribution in [0.2, 0.25) is 0 Å². The van der Waals surface area contributed by atoms with Gasteiger partial charge in [-0.3, -0.25) is 14.9 Å². The molecule has 0 spiro atoms. The Kier molecular flexibility index (Phi) is 7.11. The van der Waals surface area contributed by atoms with Crippen molar-refractivity contribution in [2.45, 2.75) is 44.0 Å². The van der Waals surface area contributed by atoms with Crippen LogP contribution >= 0.6 is 0 Å². The summed E-state index contributed by atoms with van der Waals surface area (Å²) in [5.74, 6) is -0.633. The number of hydrogen-bond donors (Lipinski definition) is 1. The van der Waals surface area contributed by atoms with Crippen LogP contribution in [0.5, 0.6) is 0 Å². The molecule has 0 saturated carbocycles. The quantitative estimate of drug-likeness (QED) is 0.416. The number of esters is 1. The van der Waals surface area contributed by atoms with Crippen molar-refractivity contribution in [3.8, 4) is 0 Å². The van der Waals surface area contributed by atoms with Gasteiger partial charge < -0.3 is 4.74 Å². The van der Waals surface area contributed by atoms with E-state index < -0.39 is 27.0 Å². The van der Waals surface area contributed by atoms with Crippen molar-refractivity contribution in [1.82, 2.24) is 4.72 Å². The molecule has 1 atom stereocenters. The van der Waals surface area contributed by atoms with Crippen LogP contribution in [0.3, 0.4) is 0 Å². The third-order valence-corrected chi connectivity index (χ3v) is 4.56. The van der Waals surface area contributed by atoms with Gasteiger partial charge in [0.1, 0.15) is 6.04 Å². The third kappa shape index (κ3) is 5.61. The molecule has 9 heteroatoms. The fourth-order valence-electron chi connectivity index (χ4n) is 1.88. The van der Waals surface area contributed by atoms with E-state index in [9.17, 15) is 23.3 Å². The summed E-state index contributed by atoms with van der Waals surface area (Å²) in [6, 6.07) is 3.47. The molecule has 128 valence electrons. The number of benzene rings is 1. The summed E-state index contributed by atoms with van der Waals surface area (Å²) in [6.45, 7) is 3.72. The van der Waals surface area contributed by atoms with Crippen LogP contribution < -0.4 is 4.72 Å². The Morgan fingerprint density at radius 3 is 2.39 bits per heavy atom. The average molecular weight is 344 g/mol. The lowest BCUT2D eigenvalue weighted by Gasteiger charge is -2.17. The molecule has 0 aliphatic heterocycles. The van der Waals surface area contributed by atoms with Crippen molar-refractivity contribution in [2.75, 3.05) is 6.61 Å². The van der Waals surface area contributed by atoms with Gasteiger partial charge in [0.15, 0.2) is 0 Å². The van der Waals surface area contributed by atoms with E-state index in [0.29, 0.717) is 12.8 Å². The van der Waals surface area contributed by atoms with Gasteiger partial charge in [0, 0.05) is 12.1 Å². The van der Waals surface area contributed by atoms with Crippen LogP contribution in [0.1, 0.15) is 33.1 Å². The van der Waals surface area contributed by atoms with Crippen LogP contribution in [0.15, 0.2) is 29.2 Å². The summed E-state index contributed by atoms with van der Waals surface area (Å²) in [4.78, 5) is 21.7. The van der Waals surface area contributed by atoms with Gasteiger partial charge in [-0.15, -0.1) is 0 Å². The number of nitrogens with one attached hydrogen (secondary N) is 1. The molecule has 1 aromatic rings. The molecule has 0 radical (unpaired) electrons. The van der Waals surface area contributed by atoms with E-state index in [-0.39, 0.29) is 17.2 Å². The second kappa shape index (κ2) is 8.59. The lowest BCUT2D eigenvalue weighted by atomic mass is 10.1. The monoisotopic (exact) mass is 344 g/mol. The summed E-state index contributed by atoms with van der Waals surface area (Å²) in [5.41, 5.74) is -0.211. The molecule has 0 heterocycles. The first-order chi connectivity index (χ1) is 10.8. The van der Waals surface area contributed by atoms with E-state index in [0.717, 1.165) is 30.7 Å². The zero-order valence-electron chi connectivity index (χ0n) is 13.0. The molecule has 8 nitrogen and oxygen atoms in total. The van der Waals surface area contributed by atoms with Gasteiger partial charge in [0.25, 0.3) is 5.69 Å². The van der Waals surface area contributed by atoms with Gasteiger partial charge in [-0.1, -0.05) is 19.8 Å². The molecular formula is C14H20N2O6S. The van der Waals surface area contributed by atoms with E-state index in [2.05, 4.69) is 4.72 Å². The molecule has 0 fully saturated rings. The number of nitrogens with zero attached hydrogens (tertiary/aromatic N) is 1. The second-order valence-corrected chi connectivity index (χ2v) is 6.53. The SMILES string of the molecule is CCCCC(NS(=O)(=O)c1ccc([N+](=O)[O-])cc1)C(=O)OCC. The van der Waals surface area contributed by atoms with Crippen LogP contribution in [-0.4, -0.2) is 32.0 Å². The summed E-state index contributed by atoms with van der Waals surface area (Å²) >= 11 is 0. The van der Waals surface area contributed by atoms with Crippen molar-refractivity contribution in [3.05, 3.63) is 34.4 Å². The first-order valence-electron chi connectivity index (χ1n) is 7.25. The standard InChI is InChI=1S/C14H20N2O6S/c1-3-5-6-13(14(17)22-4-2)15-23(20,21)12-9-7-11(8-10-12)16(18)19/h7-10,13,15H,3-6H2,1-2H3. The van der Waals surface area contributed by atoms with Gasteiger partial charge in [-0.2, -0.15) is 4.72 Å². The minimum atomic E-state index is -3.97. The second-order valence-electron chi connectivity index (χ2n) is 4.82. The molecule has 1 rings (SSSR count). The van der Waals surface area contributed by atoms with Gasteiger partial charge >= 0.3 is 5.97 Å². The molecule has 0 aromatic heterocycles. The minimum Gasteiger partial charge on any atom is -0.465 e. The molecule has 0 amide bonds. The Bertz CT molecular complexity index is 642. The topological polar surface area (TPSA) is 116 Å². The number of rotatable bonds is 9. The first kappa shape index (κ1) is 19.0. The molecule has 1 aromatic carbocycles. The van der Waals surface area contributed by atoms with E-state index in [1.807, 2.05) is 6.92 Å². The molecule has 23 heavy (non-hydrogen) atoms. The number of carbonyl (C=O) groups excluding carboxylic acids is 1. The Morgan fingerprint density at radius 2 is 1.91 bits per heavy atom. The smallest absolute Gasteiger partial charge is 0.324 e. The highest BCUT2D eigenvalue weighted by molar-refractivity contribution is 7.89. The van der Waals surface area contributed by atoms with Crippen LogP contribution in [-0.2, 0) is 19.6 Å². The van der Waals surface area contributed by atoms with Gasteiger partial charge in [0.05, 0.1) is 16.4 Å². The Morgan fingerprint density at radius 1 is 1.30 bits per heavy atom. The van der Waals surface area contributed by atoms with Crippen molar-refractivity contribution >= 4 is 21.7 Å². The van der Waals surface area contributed by atoms with Gasteiger partial charge in [-0.05, 0) is 25.5 Å². The summed E-state index contributed by atoms with van der Waals surface area (Å²) in [5, 5.41) is 10.6.